The lowest BCUT2D eigenvalue weighted by atomic mass is 9.90. The molecule has 10 nitrogen and oxygen atoms in total. The summed E-state index contributed by atoms with van der Waals surface area (Å²) in [5, 5.41) is 25.2. The van der Waals surface area contributed by atoms with Crippen molar-refractivity contribution in [3.05, 3.63) is 63.7 Å². The number of carbonyl (C=O) groups is 1. The molecular weight excluding hydrogens is 448 g/mol. The van der Waals surface area contributed by atoms with Gasteiger partial charge in [0, 0.05) is 24.7 Å². The summed E-state index contributed by atoms with van der Waals surface area (Å²) >= 11 is 0. The molecule has 33 heavy (non-hydrogen) atoms. The highest BCUT2D eigenvalue weighted by atomic mass is 32.2. The molecule has 2 aromatic rings. The molecule has 2 aliphatic rings. The minimum atomic E-state index is -3.99. The molecule has 0 saturated carbocycles. The van der Waals surface area contributed by atoms with Gasteiger partial charge in [-0.1, -0.05) is 24.3 Å². The Labute approximate surface area is 191 Å². The largest absolute Gasteiger partial charge is 0.481 e. The predicted octanol–water partition coefficient (Wildman–Crippen LogP) is 3.23. The number of aryl methyl sites for hydroxylation is 1. The maximum atomic E-state index is 13.0. The minimum absolute atomic E-state index is 0.0557. The van der Waals surface area contributed by atoms with Gasteiger partial charge < -0.3 is 5.11 Å². The number of carboxylic acids is 1. The van der Waals surface area contributed by atoms with Crippen LogP contribution in [-0.2, 0) is 21.2 Å². The number of anilines is 1. The van der Waals surface area contributed by atoms with Crippen LogP contribution < -0.4 is 5.43 Å². The Kier molecular flexibility index (Phi) is 6.43. The van der Waals surface area contributed by atoms with Crippen molar-refractivity contribution in [1.29, 1.82) is 0 Å². The zero-order valence-electron chi connectivity index (χ0n) is 17.8. The first-order valence-corrected chi connectivity index (χ1v) is 12.1. The molecule has 174 valence electrons. The van der Waals surface area contributed by atoms with Crippen LogP contribution in [0.4, 0.5) is 11.4 Å². The lowest BCUT2D eigenvalue weighted by Gasteiger charge is -2.29. The van der Waals surface area contributed by atoms with Gasteiger partial charge in [0.05, 0.1) is 21.4 Å². The fraction of sp³-hybridized carbons (Fsp3) is 0.364. The van der Waals surface area contributed by atoms with E-state index in [4.69, 9.17) is 5.11 Å². The normalized spacial score (nSPS) is 18.6. The average Bonchev–Trinajstić information content (AvgIpc) is 2.82. The monoisotopic (exact) mass is 472 g/mol. The number of sulfonamides is 1. The third-order valence-electron chi connectivity index (χ3n) is 6.11. The molecule has 2 aromatic carbocycles. The van der Waals surface area contributed by atoms with E-state index in [1.807, 2.05) is 24.3 Å². The minimum Gasteiger partial charge on any atom is -0.481 e. The van der Waals surface area contributed by atoms with Crippen molar-refractivity contribution >= 4 is 33.1 Å². The van der Waals surface area contributed by atoms with Gasteiger partial charge in [-0.2, -0.15) is 9.41 Å². The van der Waals surface area contributed by atoms with Gasteiger partial charge in [0.1, 0.15) is 5.69 Å². The summed E-state index contributed by atoms with van der Waals surface area (Å²) in [4.78, 5) is 22.0. The highest BCUT2D eigenvalue weighted by molar-refractivity contribution is 7.89. The van der Waals surface area contributed by atoms with Crippen molar-refractivity contribution in [3.63, 3.8) is 0 Å². The molecule has 1 aliphatic carbocycles. The van der Waals surface area contributed by atoms with Crippen molar-refractivity contribution in [2.45, 2.75) is 37.0 Å². The highest BCUT2D eigenvalue weighted by Gasteiger charge is 2.33. The van der Waals surface area contributed by atoms with Crippen LogP contribution in [0.3, 0.4) is 0 Å². The number of nitro benzene ring substituents is 1. The molecule has 0 bridgehead atoms. The SMILES string of the molecule is O=C(O)C1CCN(S(=O)(=O)c2ccc(N/N=C3/CCCc4ccccc43)c([N+](=O)[O-])c2)CC1. The van der Waals surface area contributed by atoms with Crippen LogP contribution in [0.2, 0.25) is 0 Å². The van der Waals surface area contributed by atoms with E-state index in [0.717, 1.165) is 36.6 Å². The predicted molar refractivity (Wildman–Crippen MR) is 122 cm³/mol. The number of aliphatic carboxylic acids is 1. The zero-order valence-corrected chi connectivity index (χ0v) is 18.6. The van der Waals surface area contributed by atoms with Crippen molar-refractivity contribution in [2.24, 2.45) is 11.0 Å². The number of piperidine rings is 1. The summed E-state index contributed by atoms with van der Waals surface area (Å²) in [5.41, 5.74) is 5.42. The summed E-state index contributed by atoms with van der Waals surface area (Å²) in [6.07, 6.45) is 3.02. The maximum Gasteiger partial charge on any atom is 0.306 e. The van der Waals surface area contributed by atoms with Gasteiger partial charge >= 0.3 is 5.97 Å². The molecule has 0 unspecified atom stereocenters. The molecule has 1 saturated heterocycles. The van der Waals surface area contributed by atoms with Crippen LogP contribution in [-0.4, -0.2) is 47.5 Å². The highest BCUT2D eigenvalue weighted by Crippen LogP contribution is 2.31. The Morgan fingerprint density at radius 3 is 2.58 bits per heavy atom. The van der Waals surface area contributed by atoms with Crippen molar-refractivity contribution in [2.75, 3.05) is 18.5 Å². The standard InChI is InChI=1S/C22H24N4O6S/c27-22(28)16-10-12-25(13-11-16)33(31,32)17-8-9-20(21(14-17)26(29)30)24-23-19-7-3-5-15-4-1-2-6-18(15)19/h1-2,4,6,8-9,14,16,24H,3,5,7,10-13H2,(H,27,28)/b23-19-. The zero-order chi connectivity index (χ0) is 23.6. The van der Waals surface area contributed by atoms with Crippen molar-refractivity contribution in [1.82, 2.24) is 4.31 Å². The van der Waals surface area contributed by atoms with E-state index in [0.29, 0.717) is 0 Å². The number of nitrogens with one attached hydrogen (secondary N) is 1. The fourth-order valence-electron chi connectivity index (χ4n) is 4.25. The van der Waals surface area contributed by atoms with E-state index in [-0.39, 0.29) is 36.5 Å². The Balaban J connectivity index is 1.58. The maximum absolute atomic E-state index is 13.0. The molecule has 0 amide bonds. The summed E-state index contributed by atoms with van der Waals surface area (Å²) in [7, 11) is -3.99. The molecule has 1 heterocycles. The van der Waals surface area contributed by atoms with Crippen LogP contribution in [0.15, 0.2) is 52.5 Å². The third-order valence-corrected chi connectivity index (χ3v) is 8.00. The van der Waals surface area contributed by atoms with Crippen LogP contribution in [0.25, 0.3) is 0 Å². The summed E-state index contributed by atoms with van der Waals surface area (Å²) < 4.78 is 27.2. The molecule has 1 aliphatic heterocycles. The summed E-state index contributed by atoms with van der Waals surface area (Å²) in [5.74, 6) is -1.53. The number of benzene rings is 2. The van der Waals surface area contributed by atoms with Gasteiger partial charge in [0.2, 0.25) is 10.0 Å². The first-order chi connectivity index (χ1) is 15.8. The van der Waals surface area contributed by atoms with Gasteiger partial charge in [-0.05, 0) is 49.8 Å². The first kappa shape index (κ1) is 22.9. The molecule has 1 fully saturated rings. The lowest BCUT2D eigenvalue weighted by molar-refractivity contribution is -0.384. The molecule has 11 heteroatoms. The number of carboxylic acid groups (broad SMARTS) is 1. The van der Waals surface area contributed by atoms with Crippen LogP contribution in [0.5, 0.6) is 0 Å². The number of hydrazone groups is 1. The Morgan fingerprint density at radius 2 is 1.88 bits per heavy atom. The molecule has 2 N–H and O–H groups in total. The van der Waals surface area contributed by atoms with E-state index < -0.39 is 32.5 Å². The number of fused-ring (bicyclic) bond motifs is 1. The van der Waals surface area contributed by atoms with Gasteiger partial charge in [0.25, 0.3) is 5.69 Å². The second kappa shape index (κ2) is 9.28. The molecule has 0 aromatic heterocycles. The smallest absolute Gasteiger partial charge is 0.306 e. The number of hydrogen-bond donors (Lipinski definition) is 2. The number of hydrogen-bond acceptors (Lipinski definition) is 7. The van der Waals surface area contributed by atoms with E-state index in [2.05, 4.69) is 10.5 Å². The number of nitrogens with zero attached hydrogens (tertiary/aromatic N) is 3. The Bertz CT molecular complexity index is 1220. The average molecular weight is 473 g/mol. The van der Waals surface area contributed by atoms with E-state index >= 15 is 0 Å². The number of nitro groups is 1. The molecule has 0 atom stereocenters. The fourth-order valence-corrected chi connectivity index (χ4v) is 5.74. The van der Waals surface area contributed by atoms with E-state index in [1.54, 1.807) is 0 Å². The molecule has 0 spiro atoms. The molecule has 4 rings (SSSR count). The molecular formula is C22H24N4O6S. The Morgan fingerprint density at radius 1 is 1.15 bits per heavy atom. The first-order valence-electron chi connectivity index (χ1n) is 10.7. The third kappa shape index (κ3) is 4.74. The van der Waals surface area contributed by atoms with Gasteiger partial charge in [-0.25, -0.2) is 8.42 Å². The van der Waals surface area contributed by atoms with Crippen molar-refractivity contribution < 1.29 is 23.2 Å². The second-order valence-electron chi connectivity index (χ2n) is 8.13. The lowest BCUT2D eigenvalue weighted by Crippen LogP contribution is -2.40. The van der Waals surface area contributed by atoms with E-state index in [1.165, 1.54) is 22.0 Å². The quantitative estimate of drug-likeness (QED) is 0.485. The van der Waals surface area contributed by atoms with E-state index in [9.17, 15) is 23.3 Å². The summed E-state index contributed by atoms with van der Waals surface area (Å²) in [6, 6.07) is 11.6. The topological polar surface area (TPSA) is 142 Å². The summed E-state index contributed by atoms with van der Waals surface area (Å²) in [6.45, 7) is 0.111. The van der Waals surface area contributed by atoms with Gasteiger partial charge in [0.15, 0.2) is 0 Å². The Hall–Kier alpha value is -3.31. The van der Waals surface area contributed by atoms with Crippen molar-refractivity contribution in [3.8, 4) is 0 Å². The van der Waals surface area contributed by atoms with Crippen LogP contribution in [0, 0.1) is 16.0 Å². The number of rotatable bonds is 6. The van der Waals surface area contributed by atoms with Crippen LogP contribution in [0.1, 0.15) is 36.8 Å². The van der Waals surface area contributed by atoms with Gasteiger partial charge in [-0.3, -0.25) is 20.3 Å². The second-order valence-corrected chi connectivity index (χ2v) is 10.1. The van der Waals surface area contributed by atoms with Crippen LogP contribution >= 0.6 is 0 Å². The molecule has 0 radical (unpaired) electrons. The van der Waals surface area contributed by atoms with Gasteiger partial charge in [-0.15, -0.1) is 0 Å².